The molecule has 0 heterocycles. The van der Waals surface area contributed by atoms with Crippen molar-refractivity contribution in [3.8, 4) is 0 Å². The van der Waals surface area contributed by atoms with Crippen LogP contribution in [0.3, 0.4) is 0 Å². The summed E-state index contributed by atoms with van der Waals surface area (Å²) in [5, 5.41) is 0. The van der Waals surface area contributed by atoms with Crippen molar-refractivity contribution in [2.75, 3.05) is 7.11 Å². The van der Waals surface area contributed by atoms with E-state index in [1.807, 2.05) is 0 Å². The maximum Gasteiger partial charge on any atom is 0.0823 e. The zero-order valence-corrected chi connectivity index (χ0v) is 9.76. The minimum Gasteiger partial charge on any atom is -0.377 e. The molecule has 0 bridgehead atoms. The molecule has 0 amide bonds. The molecule has 0 spiro atoms. The molecule has 2 nitrogen and oxygen atoms in total. The van der Waals surface area contributed by atoms with Crippen molar-refractivity contribution in [2.24, 2.45) is 11.7 Å². The van der Waals surface area contributed by atoms with E-state index in [2.05, 4.69) is 27.7 Å². The quantitative estimate of drug-likeness (QED) is 0.693. The molecule has 0 rings (SSSR count). The lowest BCUT2D eigenvalue weighted by molar-refractivity contribution is -0.0419. The van der Waals surface area contributed by atoms with Gasteiger partial charge in [0.25, 0.3) is 0 Å². The van der Waals surface area contributed by atoms with Gasteiger partial charge in [-0.3, -0.25) is 0 Å². The number of rotatable bonds is 6. The number of ether oxygens (including phenoxy) is 1. The maximum atomic E-state index is 6.16. The molecule has 0 aromatic rings. The minimum absolute atomic E-state index is 0.107. The molecule has 0 radical (unpaired) electrons. The Morgan fingerprint density at radius 1 is 1.23 bits per heavy atom. The Labute approximate surface area is 82.8 Å². The van der Waals surface area contributed by atoms with Gasteiger partial charge >= 0.3 is 0 Å². The number of hydrogen-bond donors (Lipinski definition) is 1. The highest BCUT2D eigenvalue weighted by Crippen LogP contribution is 2.26. The van der Waals surface area contributed by atoms with E-state index < -0.39 is 0 Å². The molecule has 13 heavy (non-hydrogen) atoms. The van der Waals surface area contributed by atoms with E-state index >= 15 is 0 Å². The Kier molecular flexibility index (Phi) is 5.57. The fourth-order valence-corrected chi connectivity index (χ4v) is 1.94. The van der Waals surface area contributed by atoms with Crippen LogP contribution in [0.1, 0.15) is 47.0 Å². The summed E-state index contributed by atoms with van der Waals surface area (Å²) in [6.07, 6.45) is 3.03. The van der Waals surface area contributed by atoms with Gasteiger partial charge in [0, 0.05) is 13.2 Å². The summed E-state index contributed by atoms with van der Waals surface area (Å²) in [5.41, 5.74) is 6.05. The van der Waals surface area contributed by atoms with E-state index in [1.54, 1.807) is 7.11 Å². The van der Waals surface area contributed by atoms with Gasteiger partial charge in [-0.2, -0.15) is 0 Å². The second-order valence-electron chi connectivity index (χ2n) is 4.21. The van der Waals surface area contributed by atoms with Crippen LogP contribution < -0.4 is 5.73 Å². The molecule has 1 atom stereocenters. The zero-order chi connectivity index (χ0) is 10.5. The van der Waals surface area contributed by atoms with Gasteiger partial charge in [0.2, 0.25) is 0 Å². The fraction of sp³-hybridized carbons (Fsp3) is 1.00. The molecule has 1 unspecified atom stereocenters. The lowest BCUT2D eigenvalue weighted by atomic mass is 9.84. The summed E-state index contributed by atoms with van der Waals surface area (Å²) in [6.45, 7) is 8.69. The minimum atomic E-state index is -0.107. The highest BCUT2D eigenvalue weighted by molar-refractivity contribution is 4.89. The third-order valence-electron chi connectivity index (χ3n) is 3.00. The van der Waals surface area contributed by atoms with Crippen LogP contribution in [0.2, 0.25) is 0 Å². The smallest absolute Gasteiger partial charge is 0.0823 e. The van der Waals surface area contributed by atoms with Gasteiger partial charge in [0.05, 0.1) is 5.60 Å². The van der Waals surface area contributed by atoms with Crippen LogP contribution in [0, 0.1) is 5.92 Å². The molecule has 80 valence electrons. The highest BCUT2D eigenvalue weighted by atomic mass is 16.5. The van der Waals surface area contributed by atoms with Crippen LogP contribution in [0.5, 0.6) is 0 Å². The van der Waals surface area contributed by atoms with Crippen molar-refractivity contribution in [2.45, 2.75) is 58.6 Å². The van der Waals surface area contributed by atoms with Gasteiger partial charge in [-0.25, -0.2) is 0 Å². The van der Waals surface area contributed by atoms with E-state index in [-0.39, 0.29) is 11.6 Å². The SMILES string of the molecule is CCC(CC)(OC)C(N)CC(C)C. The molecule has 0 saturated carbocycles. The second-order valence-corrected chi connectivity index (χ2v) is 4.21. The van der Waals surface area contributed by atoms with Gasteiger partial charge in [-0.15, -0.1) is 0 Å². The Bertz CT molecular complexity index is 122. The first kappa shape index (κ1) is 12.9. The Balaban J connectivity index is 4.34. The van der Waals surface area contributed by atoms with Crippen LogP contribution in [0.15, 0.2) is 0 Å². The first-order valence-electron chi connectivity index (χ1n) is 5.33. The molecule has 0 saturated heterocycles. The average molecular weight is 187 g/mol. The standard InChI is InChI=1S/C11H25NO/c1-6-11(7-2,13-5)10(12)8-9(3)4/h9-10H,6-8,12H2,1-5H3. The van der Waals surface area contributed by atoms with E-state index in [9.17, 15) is 0 Å². The second kappa shape index (κ2) is 5.61. The molecule has 0 aliphatic rings. The maximum absolute atomic E-state index is 6.16. The van der Waals surface area contributed by atoms with Crippen LogP contribution in [0.4, 0.5) is 0 Å². The van der Waals surface area contributed by atoms with Crippen molar-refractivity contribution in [1.82, 2.24) is 0 Å². The van der Waals surface area contributed by atoms with E-state index in [0.29, 0.717) is 5.92 Å². The topological polar surface area (TPSA) is 35.2 Å². The van der Waals surface area contributed by atoms with Crippen LogP contribution >= 0.6 is 0 Å². The lowest BCUT2D eigenvalue weighted by Crippen LogP contribution is -2.49. The monoisotopic (exact) mass is 187 g/mol. The summed E-state index contributed by atoms with van der Waals surface area (Å²) >= 11 is 0. The van der Waals surface area contributed by atoms with Crippen molar-refractivity contribution in [3.63, 3.8) is 0 Å². The molecule has 2 heteroatoms. The third-order valence-corrected chi connectivity index (χ3v) is 3.00. The van der Waals surface area contributed by atoms with Gasteiger partial charge in [0.1, 0.15) is 0 Å². The normalized spacial score (nSPS) is 15.0. The van der Waals surface area contributed by atoms with Gasteiger partial charge < -0.3 is 10.5 Å². The van der Waals surface area contributed by atoms with Crippen molar-refractivity contribution >= 4 is 0 Å². The summed E-state index contributed by atoms with van der Waals surface area (Å²) in [7, 11) is 1.77. The molecule has 2 N–H and O–H groups in total. The summed E-state index contributed by atoms with van der Waals surface area (Å²) in [5.74, 6) is 0.641. The van der Waals surface area contributed by atoms with Gasteiger partial charge in [-0.05, 0) is 25.2 Å². The average Bonchev–Trinajstić information content (AvgIpc) is 2.07. The zero-order valence-electron chi connectivity index (χ0n) is 9.76. The van der Waals surface area contributed by atoms with E-state index in [1.165, 1.54) is 0 Å². The van der Waals surface area contributed by atoms with E-state index in [4.69, 9.17) is 10.5 Å². The summed E-state index contributed by atoms with van der Waals surface area (Å²) in [4.78, 5) is 0. The van der Waals surface area contributed by atoms with Crippen molar-refractivity contribution in [3.05, 3.63) is 0 Å². The fourth-order valence-electron chi connectivity index (χ4n) is 1.94. The van der Waals surface area contributed by atoms with Crippen LogP contribution in [-0.2, 0) is 4.74 Å². The van der Waals surface area contributed by atoms with Crippen molar-refractivity contribution in [1.29, 1.82) is 0 Å². The lowest BCUT2D eigenvalue weighted by Gasteiger charge is -2.37. The van der Waals surface area contributed by atoms with Gasteiger partial charge in [-0.1, -0.05) is 27.7 Å². The third kappa shape index (κ3) is 3.28. The van der Waals surface area contributed by atoms with E-state index in [0.717, 1.165) is 19.3 Å². The first-order chi connectivity index (χ1) is 6.02. The number of methoxy groups -OCH3 is 1. The highest BCUT2D eigenvalue weighted by Gasteiger charge is 2.33. The Hall–Kier alpha value is -0.0800. The number of hydrogen-bond acceptors (Lipinski definition) is 2. The Morgan fingerprint density at radius 2 is 1.69 bits per heavy atom. The largest absolute Gasteiger partial charge is 0.377 e. The molecule has 0 aromatic heterocycles. The summed E-state index contributed by atoms with van der Waals surface area (Å²) < 4.78 is 5.57. The first-order valence-corrected chi connectivity index (χ1v) is 5.33. The van der Waals surface area contributed by atoms with Gasteiger partial charge in [0.15, 0.2) is 0 Å². The molecule has 0 aliphatic heterocycles. The molecular formula is C11H25NO. The Morgan fingerprint density at radius 3 is 1.92 bits per heavy atom. The van der Waals surface area contributed by atoms with Crippen molar-refractivity contribution < 1.29 is 4.74 Å². The molecular weight excluding hydrogens is 162 g/mol. The van der Waals surface area contributed by atoms with Crippen LogP contribution in [0.25, 0.3) is 0 Å². The van der Waals surface area contributed by atoms with Crippen LogP contribution in [-0.4, -0.2) is 18.8 Å². The molecule has 0 aromatic carbocycles. The number of nitrogens with two attached hydrogens (primary N) is 1. The molecule has 0 fully saturated rings. The molecule has 0 aliphatic carbocycles. The predicted molar refractivity (Wildman–Crippen MR) is 57.8 cm³/mol. The predicted octanol–water partition coefficient (Wildman–Crippen LogP) is 2.57. The summed E-state index contributed by atoms with van der Waals surface area (Å²) in [6, 6.07) is 0.160.